The SMILES string of the molecule is C=CCn1cc(C)nc1Nc1ccc(F)c(C)c1. The Balaban J connectivity index is 2.27. The second-order valence-electron chi connectivity index (χ2n) is 4.24. The van der Waals surface area contributed by atoms with Gasteiger partial charge in [0.25, 0.3) is 0 Å². The number of imidazole rings is 1. The number of rotatable bonds is 4. The van der Waals surface area contributed by atoms with E-state index >= 15 is 0 Å². The first-order valence-electron chi connectivity index (χ1n) is 5.78. The zero-order valence-corrected chi connectivity index (χ0v) is 10.6. The molecule has 0 radical (unpaired) electrons. The van der Waals surface area contributed by atoms with Gasteiger partial charge in [0.15, 0.2) is 0 Å². The number of aromatic nitrogens is 2. The Morgan fingerprint density at radius 2 is 2.22 bits per heavy atom. The number of hydrogen-bond acceptors (Lipinski definition) is 2. The molecular formula is C14H16FN3. The molecule has 0 bridgehead atoms. The van der Waals surface area contributed by atoms with Crippen LogP contribution in [0.5, 0.6) is 0 Å². The van der Waals surface area contributed by atoms with E-state index in [4.69, 9.17) is 0 Å². The molecule has 0 fully saturated rings. The average molecular weight is 245 g/mol. The molecule has 94 valence electrons. The highest BCUT2D eigenvalue weighted by atomic mass is 19.1. The molecule has 18 heavy (non-hydrogen) atoms. The van der Waals surface area contributed by atoms with Gasteiger partial charge < -0.3 is 9.88 Å². The maximum atomic E-state index is 13.2. The van der Waals surface area contributed by atoms with Crippen LogP contribution in [0.25, 0.3) is 0 Å². The van der Waals surface area contributed by atoms with Crippen LogP contribution in [0.4, 0.5) is 16.0 Å². The van der Waals surface area contributed by atoms with Crippen molar-refractivity contribution in [3.05, 3.63) is 54.1 Å². The van der Waals surface area contributed by atoms with Crippen LogP contribution in [0, 0.1) is 19.7 Å². The van der Waals surface area contributed by atoms with Gasteiger partial charge >= 0.3 is 0 Å². The van der Waals surface area contributed by atoms with E-state index in [-0.39, 0.29) is 5.82 Å². The lowest BCUT2D eigenvalue weighted by molar-refractivity contribution is 0.619. The summed E-state index contributed by atoms with van der Waals surface area (Å²) < 4.78 is 15.1. The number of anilines is 2. The van der Waals surface area contributed by atoms with Gasteiger partial charge in [-0.25, -0.2) is 9.37 Å². The van der Waals surface area contributed by atoms with Crippen LogP contribution in [0.15, 0.2) is 37.1 Å². The maximum Gasteiger partial charge on any atom is 0.207 e. The molecule has 0 amide bonds. The average Bonchev–Trinajstić information content (AvgIpc) is 2.65. The number of nitrogens with one attached hydrogen (secondary N) is 1. The van der Waals surface area contributed by atoms with Crippen molar-refractivity contribution in [1.29, 1.82) is 0 Å². The predicted molar refractivity (Wildman–Crippen MR) is 71.6 cm³/mol. The normalized spacial score (nSPS) is 10.4. The Morgan fingerprint density at radius 1 is 1.44 bits per heavy atom. The lowest BCUT2D eigenvalue weighted by Gasteiger charge is -2.08. The quantitative estimate of drug-likeness (QED) is 0.834. The summed E-state index contributed by atoms with van der Waals surface area (Å²) in [6, 6.07) is 4.91. The van der Waals surface area contributed by atoms with Crippen molar-refractivity contribution in [2.75, 3.05) is 5.32 Å². The van der Waals surface area contributed by atoms with Gasteiger partial charge in [0, 0.05) is 18.4 Å². The van der Waals surface area contributed by atoms with E-state index in [1.807, 2.05) is 23.8 Å². The molecule has 1 heterocycles. The van der Waals surface area contributed by atoms with Crippen LogP contribution in [0.1, 0.15) is 11.3 Å². The van der Waals surface area contributed by atoms with Crippen LogP contribution < -0.4 is 5.32 Å². The van der Waals surface area contributed by atoms with Crippen LogP contribution in [-0.4, -0.2) is 9.55 Å². The van der Waals surface area contributed by atoms with Crippen molar-refractivity contribution in [2.45, 2.75) is 20.4 Å². The van der Waals surface area contributed by atoms with E-state index in [9.17, 15) is 4.39 Å². The molecule has 0 saturated carbocycles. The first-order valence-corrected chi connectivity index (χ1v) is 5.78. The molecule has 0 unspecified atom stereocenters. The second kappa shape index (κ2) is 5.04. The number of hydrogen-bond donors (Lipinski definition) is 1. The van der Waals surface area contributed by atoms with Crippen LogP contribution in [-0.2, 0) is 6.54 Å². The topological polar surface area (TPSA) is 29.9 Å². The van der Waals surface area contributed by atoms with Crippen LogP contribution in [0.3, 0.4) is 0 Å². The molecule has 0 aliphatic heterocycles. The van der Waals surface area contributed by atoms with E-state index in [2.05, 4.69) is 16.9 Å². The molecule has 1 N–H and O–H groups in total. The van der Waals surface area contributed by atoms with E-state index < -0.39 is 0 Å². The number of halogens is 1. The summed E-state index contributed by atoms with van der Waals surface area (Å²) in [4.78, 5) is 4.39. The molecule has 0 atom stereocenters. The van der Waals surface area contributed by atoms with Crippen LogP contribution in [0.2, 0.25) is 0 Å². The van der Waals surface area contributed by atoms with Crippen LogP contribution >= 0.6 is 0 Å². The summed E-state index contributed by atoms with van der Waals surface area (Å²) in [6.45, 7) is 8.07. The van der Waals surface area contributed by atoms with Gasteiger partial charge in [-0.2, -0.15) is 0 Å². The standard InChI is InChI=1S/C14H16FN3/c1-4-7-18-9-11(3)16-14(18)17-12-5-6-13(15)10(2)8-12/h4-6,8-9H,1,7H2,2-3H3,(H,16,17). The third-order valence-corrected chi connectivity index (χ3v) is 2.64. The Hall–Kier alpha value is -2.10. The Bertz CT molecular complexity index is 572. The van der Waals surface area contributed by atoms with E-state index in [0.717, 1.165) is 17.3 Å². The Labute approximate surface area is 106 Å². The highest BCUT2D eigenvalue weighted by Gasteiger charge is 2.06. The summed E-state index contributed by atoms with van der Waals surface area (Å²) in [5.74, 6) is 0.532. The molecule has 2 aromatic rings. The molecule has 1 aromatic carbocycles. The summed E-state index contributed by atoms with van der Waals surface area (Å²) in [7, 11) is 0. The molecular weight excluding hydrogens is 229 g/mol. The molecule has 0 spiro atoms. The Morgan fingerprint density at radius 3 is 2.89 bits per heavy atom. The fraction of sp³-hybridized carbons (Fsp3) is 0.214. The Kier molecular flexibility index (Phi) is 3.46. The van der Waals surface area contributed by atoms with Gasteiger partial charge in [0.05, 0.1) is 5.69 Å². The fourth-order valence-corrected chi connectivity index (χ4v) is 1.78. The number of nitrogens with zero attached hydrogens (tertiary/aromatic N) is 2. The highest BCUT2D eigenvalue weighted by molar-refractivity contribution is 5.55. The second-order valence-corrected chi connectivity index (χ2v) is 4.24. The lowest BCUT2D eigenvalue weighted by atomic mass is 10.2. The molecule has 0 aliphatic carbocycles. The van der Waals surface area contributed by atoms with Crippen molar-refractivity contribution in [3.8, 4) is 0 Å². The predicted octanol–water partition coefficient (Wildman–Crippen LogP) is 3.57. The number of benzene rings is 1. The van der Waals surface area contributed by atoms with Gasteiger partial charge in [-0.15, -0.1) is 6.58 Å². The molecule has 3 nitrogen and oxygen atoms in total. The molecule has 0 aliphatic rings. The largest absolute Gasteiger partial charge is 0.326 e. The minimum Gasteiger partial charge on any atom is -0.326 e. The highest BCUT2D eigenvalue weighted by Crippen LogP contribution is 2.19. The maximum absolute atomic E-state index is 13.2. The molecule has 2 rings (SSSR count). The van der Waals surface area contributed by atoms with E-state index in [1.54, 1.807) is 19.1 Å². The first kappa shape index (κ1) is 12.4. The van der Waals surface area contributed by atoms with Gasteiger partial charge in [-0.05, 0) is 37.6 Å². The minimum absolute atomic E-state index is 0.203. The monoisotopic (exact) mass is 245 g/mol. The van der Waals surface area contributed by atoms with Crippen molar-refractivity contribution < 1.29 is 4.39 Å². The zero-order valence-electron chi connectivity index (χ0n) is 10.6. The van der Waals surface area contributed by atoms with Gasteiger partial charge in [-0.1, -0.05) is 6.08 Å². The number of aryl methyl sites for hydroxylation is 2. The van der Waals surface area contributed by atoms with Crippen molar-refractivity contribution >= 4 is 11.6 Å². The summed E-state index contributed by atoms with van der Waals surface area (Å²) in [5.41, 5.74) is 2.36. The number of allylic oxidation sites excluding steroid dienone is 1. The fourth-order valence-electron chi connectivity index (χ4n) is 1.78. The summed E-state index contributed by atoms with van der Waals surface area (Å²) in [5, 5.41) is 3.18. The van der Waals surface area contributed by atoms with Crippen molar-refractivity contribution in [3.63, 3.8) is 0 Å². The zero-order chi connectivity index (χ0) is 13.1. The minimum atomic E-state index is -0.203. The van der Waals surface area contributed by atoms with E-state index in [0.29, 0.717) is 12.1 Å². The molecule has 4 heteroatoms. The van der Waals surface area contributed by atoms with Crippen molar-refractivity contribution in [1.82, 2.24) is 9.55 Å². The van der Waals surface area contributed by atoms with Gasteiger partial charge in [0.1, 0.15) is 5.82 Å². The third-order valence-electron chi connectivity index (χ3n) is 2.64. The van der Waals surface area contributed by atoms with Gasteiger partial charge in [-0.3, -0.25) is 0 Å². The summed E-state index contributed by atoms with van der Waals surface area (Å²) >= 11 is 0. The third kappa shape index (κ3) is 2.59. The molecule has 0 saturated heterocycles. The summed E-state index contributed by atoms with van der Waals surface area (Å²) in [6.07, 6.45) is 3.75. The first-order chi connectivity index (χ1) is 8.60. The van der Waals surface area contributed by atoms with E-state index in [1.165, 1.54) is 6.07 Å². The smallest absolute Gasteiger partial charge is 0.207 e. The molecule has 1 aromatic heterocycles. The van der Waals surface area contributed by atoms with Crippen molar-refractivity contribution in [2.24, 2.45) is 0 Å². The van der Waals surface area contributed by atoms with Gasteiger partial charge in [0.2, 0.25) is 5.95 Å². The lowest BCUT2D eigenvalue weighted by Crippen LogP contribution is -2.02.